The maximum atomic E-state index is 13.7. The third-order valence-corrected chi connectivity index (χ3v) is 10.0. The summed E-state index contributed by atoms with van der Waals surface area (Å²) in [6.45, 7) is 1.20. The van der Waals surface area contributed by atoms with Crippen molar-refractivity contribution in [1.29, 1.82) is 0 Å². The van der Waals surface area contributed by atoms with Gasteiger partial charge in [0.2, 0.25) is 5.91 Å². The van der Waals surface area contributed by atoms with Gasteiger partial charge in [-0.2, -0.15) is 0 Å². The van der Waals surface area contributed by atoms with Gasteiger partial charge in [-0.15, -0.1) is 0 Å². The molecule has 2 N–H and O–H groups in total. The molecule has 0 bridgehead atoms. The molecule has 0 fully saturated rings. The van der Waals surface area contributed by atoms with Crippen LogP contribution < -0.4 is 19.1 Å². The van der Waals surface area contributed by atoms with Gasteiger partial charge in [0.05, 0.1) is 21.2 Å². The van der Waals surface area contributed by atoms with Crippen LogP contribution in [0, 0.1) is 6.92 Å². The van der Waals surface area contributed by atoms with Gasteiger partial charge in [-0.25, -0.2) is 16.8 Å². The molecule has 12 heteroatoms. The lowest BCUT2D eigenvalue weighted by Crippen LogP contribution is -2.38. The van der Waals surface area contributed by atoms with Gasteiger partial charge in [0.15, 0.2) is 0 Å². The smallest absolute Gasteiger partial charge is 0.264 e. The molecule has 1 amide bonds. The maximum absolute atomic E-state index is 13.7. The van der Waals surface area contributed by atoms with E-state index in [9.17, 15) is 21.6 Å². The quantitative estimate of drug-likeness (QED) is 0.156. The molecule has 0 radical (unpaired) electrons. The number of ether oxygens (including phenoxy) is 1. The number of rotatable bonds is 11. The predicted octanol–water partition coefficient (Wildman–Crippen LogP) is 7.08. The number of aryl methyl sites for hydroxylation is 1. The highest BCUT2D eigenvalue weighted by Gasteiger charge is 2.27. The normalized spacial score (nSPS) is 11.4. The van der Waals surface area contributed by atoms with Crippen molar-refractivity contribution in [1.82, 2.24) is 0 Å². The number of sulfonamides is 2. The molecule has 45 heavy (non-hydrogen) atoms. The van der Waals surface area contributed by atoms with Crippen LogP contribution >= 0.6 is 11.6 Å². The van der Waals surface area contributed by atoms with E-state index in [4.69, 9.17) is 16.3 Å². The zero-order chi connectivity index (χ0) is 32.0. The van der Waals surface area contributed by atoms with Crippen molar-refractivity contribution in [2.45, 2.75) is 16.7 Å². The third-order valence-electron chi connectivity index (χ3n) is 6.61. The molecule has 0 aliphatic heterocycles. The lowest BCUT2D eigenvalue weighted by Gasteiger charge is -2.24. The van der Waals surface area contributed by atoms with Crippen LogP contribution in [0.5, 0.6) is 11.5 Å². The number of nitrogens with one attached hydrogen (secondary N) is 2. The van der Waals surface area contributed by atoms with Crippen LogP contribution in [0.2, 0.25) is 5.02 Å². The van der Waals surface area contributed by atoms with Crippen molar-refractivity contribution >= 4 is 54.6 Å². The fourth-order valence-corrected chi connectivity index (χ4v) is 7.03. The standard InChI is InChI=1S/C33H28ClN3O6S2/c1-24-12-13-25(34)22-32(24)36-44(39,40)30-20-14-26(15-21-30)35-33(38)23-37(45(41,42)31-10-6-3-7-11-31)27-16-18-29(19-17-27)43-28-8-4-2-5-9-28/h2-22,36H,23H2,1H3,(H,35,38). The van der Waals surface area contributed by atoms with Gasteiger partial charge in [-0.3, -0.25) is 13.8 Å². The Morgan fingerprint density at radius 1 is 0.733 bits per heavy atom. The number of halogens is 1. The molecule has 5 aromatic rings. The lowest BCUT2D eigenvalue weighted by molar-refractivity contribution is -0.114. The number of nitrogens with zero attached hydrogens (tertiary/aromatic N) is 1. The summed E-state index contributed by atoms with van der Waals surface area (Å²) in [6, 6.07) is 33.6. The van der Waals surface area contributed by atoms with Gasteiger partial charge >= 0.3 is 0 Å². The highest BCUT2D eigenvalue weighted by molar-refractivity contribution is 7.93. The Hall–Kier alpha value is -4.84. The molecule has 0 aromatic heterocycles. The molecule has 0 spiro atoms. The Bertz CT molecular complexity index is 2010. The predicted molar refractivity (Wildman–Crippen MR) is 176 cm³/mol. The summed E-state index contributed by atoms with van der Waals surface area (Å²) in [5.74, 6) is 0.469. The fourth-order valence-electron chi connectivity index (χ4n) is 4.30. The third kappa shape index (κ3) is 7.82. The van der Waals surface area contributed by atoms with Gasteiger partial charge in [0.1, 0.15) is 18.0 Å². The number of anilines is 3. The highest BCUT2D eigenvalue weighted by atomic mass is 35.5. The molecule has 5 rings (SSSR count). The number of hydrogen-bond acceptors (Lipinski definition) is 6. The summed E-state index contributed by atoms with van der Waals surface area (Å²) >= 11 is 6.01. The Balaban J connectivity index is 1.34. The van der Waals surface area contributed by atoms with E-state index in [-0.39, 0.29) is 21.2 Å². The highest BCUT2D eigenvalue weighted by Crippen LogP contribution is 2.29. The molecule has 0 saturated heterocycles. The Morgan fingerprint density at radius 3 is 1.98 bits per heavy atom. The van der Waals surface area contributed by atoms with Crippen molar-refractivity contribution < 1.29 is 26.4 Å². The zero-order valence-electron chi connectivity index (χ0n) is 23.9. The Labute approximate surface area is 267 Å². The van der Waals surface area contributed by atoms with Crippen LogP contribution in [0.15, 0.2) is 137 Å². The van der Waals surface area contributed by atoms with Gasteiger partial charge in [0, 0.05) is 10.7 Å². The minimum absolute atomic E-state index is 0.0133. The largest absolute Gasteiger partial charge is 0.457 e. The molecule has 0 atom stereocenters. The minimum Gasteiger partial charge on any atom is -0.457 e. The first-order valence-corrected chi connectivity index (χ1v) is 16.9. The maximum Gasteiger partial charge on any atom is 0.264 e. The minimum atomic E-state index is -4.14. The first-order valence-electron chi connectivity index (χ1n) is 13.6. The summed E-state index contributed by atoms with van der Waals surface area (Å²) in [6.07, 6.45) is 0. The van der Waals surface area contributed by atoms with E-state index in [0.717, 1.165) is 4.31 Å². The van der Waals surface area contributed by atoms with Gasteiger partial charge in [0.25, 0.3) is 20.0 Å². The number of hydrogen-bond donors (Lipinski definition) is 2. The first-order chi connectivity index (χ1) is 21.5. The van der Waals surface area contributed by atoms with Gasteiger partial charge in [-0.1, -0.05) is 54.1 Å². The van der Waals surface area contributed by atoms with Gasteiger partial charge < -0.3 is 10.1 Å². The second kappa shape index (κ2) is 13.4. The van der Waals surface area contributed by atoms with E-state index < -0.39 is 32.5 Å². The van der Waals surface area contributed by atoms with Crippen LogP contribution in [0.25, 0.3) is 0 Å². The SMILES string of the molecule is Cc1ccc(Cl)cc1NS(=O)(=O)c1ccc(NC(=O)CN(c2ccc(Oc3ccccc3)cc2)S(=O)(=O)c2ccccc2)cc1. The fraction of sp³-hybridized carbons (Fsp3) is 0.0606. The average molecular weight is 662 g/mol. The molecule has 230 valence electrons. The number of amides is 1. The second-order valence-electron chi connectivity index (χ2n) is 9.87. The summed E-state index contributed by atoms with van der Waals surface area (Å²) in [5.41, 5.74) is 1.57. The van der Waals surface area contributed by atoms with Crippen molar-refractivity contribution in [3.8, 4) is 11.5 Å². The molecule has 0 aliphatic rings. The number of carbonyl (C=O) groups excluding carboxylic acids is 1. The molecule has 9 nitrogen and oxygen atoms in total. The molecular formula is C33H28ClN3O6S2. The number of benzene rings is 5. The van der Waals surface area contributed by atoms with Crippen LogP contribution in [-0.4, -0.2) is 29.3 Å². The van der Waals surface area contributed by atoms with E-state index in [2.05, 4.69) is 10.0 Å². The molecule has 0 heterocycles. The number of para-hydroxylation sites is 1. The monoisotopic (exact) mass is 661 g/mol. The molecule has 0 saturated carbocycles. The van der Waals surface area contributed by atoms with E-state index in [0.29, 0.717) is 27.8 Å². The molecular weight excluding hydrogens is 634 g/mol. The molecule has 0 unspecified atom stereocenters. The van der Waals surface area contributed by atoms with Crippen LogP contribution in [0.1, 0.15) is 5.56 Å². The summed E-state index contributed by atoms with van der Waals surface area (Å²) in [5, 5.41) is 3.04. The van der Waals surface area contributed by atoms with Gasteiger partial charge in [-0.05, 0) is 97.4 Å². The summed E-state index contributed by atoms with van der Waals surface area (Å²) in [4.78, 5) is 13.2. The molecule has 5 aromatic carbocycles. The summed E-state index contributed by atoms with van der Waals surface area (Å²) in [7, 11) is -8.09. The van der Waals surface area contributed by atoms with Crippen LogP contribution in [-0.2, 0) is 24.8 Å². The summed E-state index contributed by atoms with van der Waals surface area (Å²) < 4.78 is 62.6. The van der Waals surface area contributed by atoms with E-state index in [1.165, 1.54) is 42.5 Å². The second-order valence-corrected chi connectivity index (χ2v) is 13.9. The number of carbonyl (C=O) groups is 1. The topological polar surface area (TPSA) is 122 Å². The van der Waals surface area contributed by atoms with Crippen molar-refractivity contribution in [2.75, 3.05) is 20.9 Å². The zero-order valence-corrected chi connectivity index (χ0v) is 26.3. The van der Waals surface area contributed by atoms with Crippen molar-refractivity contribution in [3.05, 3.63) is 138 Å². The van der Waals surface area contributed by atoms with Crippen molar-refractivity contribution in [2.24, 2.45) is 0 Å². The Kier molecular flexibility index (Phi) is 9.43. The van der Waals surface area contributed by atoms with Crippen LogP contribution in [0.3, 0.4) is 0 Å². The average Bonchev–Trinajstić information content (AvgIpc) is 3.03. The van der Waals surface area contributed by atoms with Crippen molar-refractivity contribution in [3.63, 3.8) is 0 Å². The van der Waals surface area contributed by atoms with E-state index in [1.54, 1.807) is 73.7 Å². The van der Waals surface area contributed by atoms with Crippen LogP contribution in [0.4, 0.5) is 17.1 Å². The lowest BCUT2D eigenvalue weighted by atomic mass is 10.2. The van der Waals surface area contributed by atoms with E-state index in [1.807, 2.05) is 18.2 Å². The Morgan fingerprint density at radius 2 is 1.33 bits per heavy atom. The van der Waals surface area contributed by atoms with E-state index >= 15 is 0 Å². The molecule has 0 aliphatic carbocycles. The first kappa shape index (κ1) is 31.6.